The molecule has 2 heterocycles. The van der Waals surface area contributed by atoms with Crippen molar-refractivity contribution in [3.8, 4) is 0 Å². The van der Waals surface area contributed by atoms with Gasteiger partial charge in [0.1, 0.15) is 11.5 Å². The van der Waals surface area contributed by atoms with Gasteiger partial charge in [0.2, 0.25) is 0 Å². The highest BCUT2D eigenvalue weighted by Gasteiger charge is 2.14. The molecule has 8 nitrogen and oxygen atoms in total. The summed E-state index contributed by atoms with van der Waals surface area (Å²) < 4.78 is 6.80. The number of hydrazine groups is 1. The van der Waals surface area contributed by atoms with E-state index in [0.717, 1.165) is 5.56 Å². The molecular formula is C11H13N5O3. The van der Waals surface area contributed by atoms with E-state index in [0.29, 0.717) is 12.3 Å². The zero-order valence-corrected chi connectivity index (χ0v) is 10.2. The Labute approximate surface area is 108 Å². The molecule has 0 fully saturated rings. The van der Waals surface area contributed by atoms with Gasteiger partial charge in [-0.25, -0.2) is 5.84 Å². The lowest BCUT2D eigenvalue weighted by molar-refractivity contribution is 0.0924. The Morgan fingerprint density at radius 3 is 2.84 bits per heavy atom. The zero-order chi connectivity index (χ0) is 14.0. The van der Waals surface area contributed by atoms with Crippen LogP contribution >= 0.6 is 0 Å². The minimum atomic E-state index is -0.592. The van der Waals surface area contributed by atoms with Crippen molar-refractivity contribution in [3.63, 3.8) is 0 Å². The maximum atomic E-state index is 11.3. The van der Waals surface area contributed by atoms with Crippen LogP contribution in [0.4, 0.5) is 0 Å². The third-order valence-electron chi connectivity index (χ3n) is 2.60. The molecule has 0 unspecified atom stereocenters. The van der Waals surface area contributed by atoms with Crippen molar-refractivity contribution in [3.05, 3.63) is 41.1 Å². The van der Waals surface area contributed by atoms with Crippen LogP contribution in [0, 0.1) is 6.92 Å². The molecule has 0 spiro atoms. The maximum absolute atomic E-state index is 11.3. The summed E-state index contributed by atoms with van der Waals surface area (Å²) in [5.74, 6) is 4.63. The van der Waals surface area contributed by atoms with E-state index in [1.165, 1.54) is 10.7 Å². The molecule has 0 radical (unpaired) electrons. The number of nitrogens with one attached hydrogen (secondary N) is 1. The molecule has 2 aromatic heterocycles. The molecule has 0 bridgehead atoms. The van der Waals surface area contributed by atoms with E-state index >= 15 is 0 Å². The Hall–Kier alpha value is -2.61. The topological polar surface area (TPSA) is 129 Å². The number of nitrogens with two attached hydrogens (primary N) is 2. The average molecular weight is 263 g/mol. The van der Waals surface area contributed by atoms with Crippen LogP contribution in [-0.2, 0) is 6.54 Å². The van der Waals surface area contributed by atoms with Crippen LogP contribution in [0.25, 0.3) is 0 Å². The Bertz CT molecular complexity index is 628. The minimum absolute atomic E-state index is 0.122. The standard InChI is InChI=1S/C11H13N5O3/c1-6-7(4-9(19-6)11(18)14-13)5-16-3-2-8(15-16)10(12)17/h2-4H,5,13H2,1H3,(H2,12,17)(H,14,18). The van der Waals surface area contributed by atoms with E-state index in [1.54, 1.807) is 19.2 Å². The van der Waals surface area contributed by atoms with Crippen molar-refractivity contribution in [2.75, 3.05) is 0 Å². The molecule has 0 saturated heterocycles. The molecule has 0 atom stereocenters. The Balaban J connectivity index is 2.20. The van der Waals surface area contributed by atoms with E-state index in [2.05, 4.69) is 5.10 Å². The molecule has 19 heavy (non-hydrogen) atoms. The first-order valence-electron chi connectivity index (χ1n) is 5.44. The molecule has 8 heteroatoms. The molecule has 0 saturated carbocycles. The predicted molar refractivity (Wildman–Crippen MR) is 64.9 cm³/mol. The number of carbonyl (C=O) groups is 2. The maximum Gasteiger partial charge on any atom is 0.300 e. The molecule has 2 rings (SSSR count). The highest BCUT2D eigenvalue weighted by Crippen LogP contribution is 2.15. The molecule has 2 amide bonds. The lowest BCUT2D eigenvalue weighted by atomic mass is 10.2. The summed E-state index contributed by atoms with van der Waals surface area (Å²) in [4.78, 5) is 22.2. The number of carbonyl (C=O) groups excluding carboxylic acids is 2. The molecule has 0 aliphatic heterocycles. The van der Waals surface area contributed by atoms with E-state index in [9.17, 15) is 9.59 Å². The summed E-state index contributed by atoms with van der Waals surface area (Å²) in [5.41, 5.74) is 8.04. The summed E-state index contributed by atoms with van der Waals surface area (Å²) in [6, 6.07) is 3.09. The summed E-state index contributed by atoms with van der Waals surface area (Å²) in [6.45, 7) is 2.08. The van der Waals surface area contributed by atoms with Gasteiger partial charge in [0.25, 0.3) is 5.91 Å². The number of primary amides is 1. The van der Waals surface area contributed by atoms with Gasteiger partial charge in [0, 0.05) is 11.8 Å². The molecule has 5 N–H and O–H groups in total. The fraction of sp³-hybridized carbons (Fsp3) is 0.182. The first kappa shape index (κ1) is 12.8. The number of aromatic nitrogens is 2. The van der Waals surface area contributed by atoms with Gasteiger partial charge in [-0.05, 0) is 19.1 Å². The van der Waals surface area contributed by atoms with Crippen molar-refractivity contribution in [1.29, 1.82) is 0 Å². The number of amides is 2. The summed E-state index contributed by atoms with van der Waals surface area (Å²) in [5, 5.41) is 4.00. The van der Waals surface area contributed by atoms with Gasteiger partial charge in [-0.15, -0.1) is 0 Å². The lowest BCUT2D eigenvalue weighted by Crippen LogP contribution is -2.29. The van der Waals surface area contributed by atoms with Gasteiger partial charge in [-0.1, -0.05) is 0 Å². The van der Waals surface area contributed by atoms with Gasteiger partial charge < -0.3 is 10.2 Å². The van der Waals surface area contributed by atoms with E-state index in [1.807, 2.05) is 5.43 Å². The monoisotopic (exact) mass is 263 g/mol. The van der Waals surface area contributed by atoms with Crippen LogP contribution < -0.4 is 17.0 Å². The predicted octanol–water partition coefficient (Wildman–Crippen LogP) is -0.465. The van der Waals surface area contributed by atoms with Crippen molar-refractivity contribution < 1.29 is 14.0 Å². The largest absolute Gasteiger partial charge is 0.456 e. The third-order valence-corrected chi connectivity index (χ3v) is 2.60. The van der Waals surface area contributed by atoms with Crippen LogP contribution in [0.1, 0.15) is 32.4 Å². The fourth-order valence-corrected chi connectivity index (χ4v) is 1.62. The Kier molecular flexibility index (Phi) is 3.34. The van der Waals surface area contributed by atoms with Gasteiger partial charge in [0.15, 0.2) is 5.76 Å². The molecule has 100 valence electrons. The Morgan fingerprint density at radius 1 is 1.53 bits per heavy atom. The number of nitrogen functional groups attached to an aromatic ring is 1. The summed E-state index contributed by atoms with van der Waals surface area (Å²) in [7, 11) is 0. The first-order chi connectivity index (χ1) is 9.01. The quantitative estimate of drug-likeness (QED) is 0.390. The molecule has 2 aromatic rings. The summed E-state index contributed by atoms with van der Waals surface area (Å²) >= 11 is 0. The smallest absolute Gasteiger partial charge is 0.300 e. The number of hydrogen-bond donors (Lipinski definition) is 3. The zero-order valence-electron chi connectivity index (χ0n) is 10.2. The van der Waals surface area contributed by atoms with Crippen LogP contribution in [0.15, 0.2) is 22.7 Å². The first-order valence-corrected chi connectivity index (χ1v) is 5.44. The number of rotatable bonds is 4. The number of hydrogen-bond acceptors (Lipinski definition) is 5. The van der Waals surface area contributed by atoms with Gasteiger partial charge in [-0.3, -0.25) is 19.7 Å². The van der Waals surface area contributed by atoms with E-state index in [4.69, 9.17) is 16.0 Å². The van der Waals surface area contributed by atoms with Gasteiger partial charge in [0.05, 0.1) is 6.54 Å². The van der Waals surface area contributed by atoms with Crippen LogP contribution in [0.5, 0.6) is 0 Å². The molecule has 0 aromatic carbocycles. The molecule has 0 aliphatic carbocycles. The second-order valence-electron chi connectivity index (χ2n) is 3.93. The average Bonchev–Trinajstić information content (AvgIpc) is 2.97. The SMILES string of the molecule is Cc1oc(C(=O)NN)cc1Cn1ccc(C(N)=O)n1. The van der Waals surface area contributed by atoms with Gasteiger partial charge >= 0.3 is 5.91 Å². The number of nitrogens with zero attached hydrogens (tertiary/aromatic N) is 2. The van der Waals surface area contributed by atoms with Crippen molar-refractivity contribution in [2.45, 2.75) is 13.5 Å². The number of furan rings is 1. The van der Waals surface area contributed by atoms with Crippen molar-refractivity contribution in [1.82, 2.24) is 15.2 Å². The molecular weight excluding hydrogens is 250 g/mol. The van der Waals surface area contributed by atoms with Gasteiger partial charge in [-0.2, -0.15) is 5.10 Å². The van der Waals surface area contributed by atoms with E-state index in [-0.39, 0.29) is 11.5 Å². The van der Waals surface area contributed by atoms with E-state index < -0.39 is 11.8 Å². The normalized spacial score (nSPS) is 10.4. The minimum Gasteiger partial charge on any atom is -0.456 e. The van der Waals surface area contributed by atoms with Crippen LogP contribution in [-0.4, -0.2) is 21.6 Å². The van der Waals surface area contributed by atoms with Crippen LogP contribution in [0.3, 0.4) is 0 Å². The lowest BCUT2D eigenvalue weighted by Gasteiger charge is -1.98. The fourth-order valence-electron chi connectivity index (χ4n) is 1.62. The Morgan fingerprint density at radius 2 is 2.26 bits per heavy atom. The molecule has 0 aliphatic rings. The highest BCUT2D eigenvalue weighted by molar-refractivity contribution is 5.91. The summed E-state index contributed by atoms with van der Waals surface area (Å²) in [6.07, 6.45) is 1.62. The third kappa shape index (κ3) is 2.63. The highest BCUT2D eigenvalue weighted by atomic mass is 16.4. The second-order valence-corrected chi connectivity index (χ2v) is 3.93. The van der Waals surface area contributed by atoms with Crippen molar-refractivity contribution >= 4 is 11.8 Å². The second kappa shape index (κ2) is 4.94. The van der Waals surface area contributed by atoms with Crippen molar-refractivity contribution in [2.24, 2.45) is 11.6 Å². The number of aryl methyl sites for hydroxylation is 1. The van der Waals surface area contributed by atoms with Crippen LogP contribution in [0.2, 0.25) is 0 Å².